The van der Waals surface area contributed by atoms with Crippen molar-refractivity contribution in [3.05, 3.63) is 47.5 Å². The van der Waals surface area contributed by atoms with E-state index >= 15 is 0 Å². The highest BCUT2D eigenvalue weighted by Crippen LogP contribution is 2.39. The first-order valence-electron chi connectivity index (χ1n) is 10.6. The Morgan fingerprint density at radius 3 is 2.68 bits per heavy atom. The first kappa shape index (κ1) is 22.6. The molecule has 0 aromatic heterocycles. The maximum Gasteiger partial charge on any atom is 0.262 e. The normalized spacial score (nSPS) is 13.2. The van der Waals surface area contributed by atoms with Crippen LogP contribution in [0.1, 0.15) is 49.5 Å². The molecule has 166 valence electrons. The van der Waals surface area contributed by atoms with Gasteiger partial charge in [0.15, 0.2) is 18.1 Å². The molecule has 7 heteroatoms. The van der Waals surface area contributed by atoms with Crippen molar-refractivity contribution in [3.8, 4) is 17.2 Å². The Labute approximate surface area is 182 Å². The number of hydrogen-bond donors (Lipinski definition) is 3. The summed E-state index contributed by atoms with van der Waals surface area (Å²) in [4.78, 5) is 24.3. The van der Waals surface area contributed by atoms with Crippen LogP contribution in [-0.2, 0) is 11.2 Å². The minimum atomic E-state index is -0.367. The lowest BCUT2D eigenvalue weighted by Crippen LogP contribution is -2.44. The van der Waals surface area contributed by atoms with Gasteiger partial charge in [0.05, 0.1) is 18.7 Å². The van der Waals surface area contributed by atoms with E-state index in [1.165, 1.54) is 12.1 Å². The summed E-state index contributed by atoms with van der Waals surface area (Å²) >= 11 is 0. The van der Waals surface area contributed by atoms with E-state index < -0.39 is 0 Å². The highest BCUT2D eigenvalue weighted by Gasteiger charge is 2.26. The number of anilines is 1. The third-order valence-corrected chi connectivity index (χ3v) is 5.11. The number of hydrogen-bond acceptors (Lipinski definition) is 6. The van der Waals surface area contributed by atoms with Crippen molar-refractivity contribution < 1.29 is 24.2 Å². The summed E-state index contributed by atoms with van der Waals surface area (Å²) in [6, 6.07) is 10.9. The molecule has 1 amide bonds. The van der Waals surface area contributed by atoms with Crippen molar-refractivity contribution in [2.24, 2.45) is 0 Å². The SMILES string of the molecule is CCCCOc1ccc(CC(C)(C)NCC(=O)c2ccc(O)c3c2OCC(=O)N3)cc1. The van der Waals surface area contributed by atoms with E-state index in [4.69, 9.17) is 9.47 Å². The number of ether oxygens (including phenoxy) is 2. The van der Waals surface area contributed by atoms with E-state index in [1.54, 1.807) is 0 Å². The topological polar surface area (TPSA) is 96.9 Å². The van der Waals surface area contributed by atoms with Crippen molar-refractivity contribution in [3.63, 3.8) is 0 Å². The van der Waals surface area contributed by atoms with Crippen LogP contribution in [0, 0.1) is 0 Å². The summed E-state index contributed by atoms with van der Waals surface area (Å²) in [7, 11) is 0. The van der Waals surface area contributed by atoms with Crippen molar-refractivity contribution in [1.82, 2.24) is 5.32 Å². The molecule has 0 saturated carbocycles. The molecule has 7 nitrogen and oxygen atoms in total. The zero-order valence-corrected chi connectivity index (χ0v) is 18.3. The lowest BCUT2D eigenvalue weighted by atomic mass is 9.94. The molecular weight excluding hydrogens is 396 g/mol. The molecule has 1 aliphatic rings. The Morgan fingerprint density at radius 2 is 1.97 bits per heavy atom. The average Bonchev–Trinajstić information content (AvgIpc) is 2.74. The van der Waals surface area contributed by atoms with Gasteiger partial charge in [-0.3, -0.25) is 9.59 Å². The summed E-state index contributed by atoms with van der Waals surface area (Å²) in [6.45, 7) is 6.84. The van der Waals surface area contributed by atoms with Gasteiger partial charge in [0.25, 0.3) is 5.91 Å². The largest absolute Gasteiger partial charge is 0.506 e. The lowest BCUT2D eigenvalue weighted by Gasteiger charge is -2.27. The number of carbonyl (C=O) groups is 2. The van der Waals surface area contributed by atoms with Crippen molar-refractivity contribution in [1.29, 1.82) is 0 Å². The van der Waals surface area contributed by atoms with Crippen LogP contribution in [0.2, 0.25) is 0 Å². The van der Waals surface area contributed by atoms with Crippen LogP contribution in [0.3, 0.4) is 0 Å². The number of amides is 1. The number of carbonyl (C=O) groups excluding carboxylic acids is 2. The minimum absolute atomic E-state index is 0.0970. The zero-order valence-electron chi connectivity index (χ0n) is 18.3. The van der Waals surface area contributed by atoms with Crippen LogP contribution in [0.15, 0.2) is 36.4 Å². The number of phenols is 1. The molecule has 3 N–H and O–H groups in total. The van der Waals surface area contributed by atoms with Gasteiger partial charge in [-0.05, 0) is 56.5 Å². The highest BCUT2D eigenvalue weighted by atomic mass is 16.5. The summed E-state index contributed by atoms with van der Waals surface area (Å²) in [5, 5.41) is 15.8. The molecule has 0 spiro atoms. The summed E-state index contributed by atoms with van der Waals surface area (Å²) in [6.07, 6.45) is 2.87. The van der Waals surface area contributed by atoms with Gasteiger partial charge in [-0.1, -0.05) is 25.5 Å². The van der Waals surface area contributed by atoms with E-state index in [1.807, 2.05) is 38.1 Å². The molecule has 0 fully saturated rings. The Hall–Kier alpha value is -3.06. The second kappa shape index (κ2) is 9.83. The predicted octanol–water partition coefficient (Wildman–Crippen LogP) is 3.70. The predicted molar refractivity (Wildman–Crippen MR) is 119 cm³/mol. The van der Waals surface area contributed by atoms with Crippen LogP contribution in [0.25, 0.3) is 0 Å². The Kier molecular flexibility index (Phi) is 7.17. The summed E-state index contributed by atoms with van der Waals surface area (Å²) in [5.74, 6) is 0.397. The number of rotatable bonds is 10. The van der Waals surface area contributed by atoms with Crippen LogP contribution >= 0.6 is 0 Å². The molecule has 3 rings (SSSR count). The smallest absolute Gasteiger partial charge is 0.262 e. The number of benzene rings is 2. The Bertz CT molecular complexity index is 938. The van der Waals surface area contributed by atoms with Gasteiger partial charge in [-0.2, -0.15) is 0 Å². The van der Waals surface area contributed by atoms with Gasteiger partial charge >= 0.3 is 0 Å². The Morgan fingerprint density at radius 1 is 1.23 bits per heavy atom. The second-order valence-electron chi connectivity index (χ2n) is 8.36. The number of unbranched alkanes of at least 4 members (excludes halogenated alkanes) is 1. The molecule has 31 heavy (non-hydrogen) atoms. The number of Topliss-reactive ketones (excluding diaryl/α,β-unsaturated/α-hetero) is 1. The number of phenolic OH excluding ortho intramolecular Hbond substituents is 1. The van der Waals surface area contributed by atoms with E-state index in [-0.39, 0.29) is 47.6 Å². The fourth-order valence-electron chi connectivity index (χ4n) is 3.40. The van der Waals surface area contributed by atoms with E-state index in [9.17, 15) is 14.7 Å². The molecule has 0 radical (unpaired) electrons. The quantitative estimate of drug-likeness (QED) is 0.305. The fraction of sp³-hybridized carbons (Fsp3) is 0.417. The van der Waals surface area contributed by atoms with Gasteiger partial charge in [0.2, 0.25) is 0 Å². The van der Waals surface area contributed by atoms with Crippen LogP contribution in [0.5, 0.6) is 17.2 Å². The maximum atomic E-state index is 12.8. The van der Waals surface area contributed by atoms with Crippen LogP contribution in [0.4, 0.5) is 5.69 Å². The lowest BCUT2D eigenvalue weighted by molar-refractivity contribution is -0.118. The molecule has 0 atom stereocenters. The molecule has 0 bridgehead atoms. The first-order valence-corrected chi connectivity index (χ1v) is 10.6. The van der Waals surface area contributed by atoms with E-state index in [0.717, 1.165) is 37.2 Å². The molecule has 1 aliphatic heterocycles. The first-order chi connectivity index (χ1) is 14.8. The molecule has 2 aromatic rings. The monoisotopic (exact) mass is 426 g/mol. The van der Waals surface area contributed by atoms with E-state index in [2.05, 4.69) is 17.6 Å². The van der Waals surface area contributed by atoms with Crippen molar-refractivity contribution >= 4 is 17.4 Å². The second-order valence-corrected chi connectivity index (χ2v) is 8.36. The van der Waals surface area contributed by atoms with Gasteiger partial charge in [0, 0.05) is 5.54 Å². The molecule has 2 aromatic carbocycles. The number of nitrogens with one attached hydrogen (secondary N) is 2. The third-order valence-electron chi connectivity index (χ3n) is 5.11. The van der Waals surface area contributed by atoms with Gasteiger partial charge in [-0.25, -0.2) is 0 Å². The summed E-state index contributed by atoms with van der Waals surface area (Å²) < 4.78 is 11.1. The molecule has 0 saturated heterocycles. The Balaban J connectivity index is 1.60. The standard InChI is InChI=1S/C24H30N2O5/c1-4-5-12-30-17-8-6-16(7-9-17)13-24(2,3)25-14-20(28)18-10-11-19(27)22-23(18)31-15-21(29)26-22/h6-11,25,27H,4-5,12-15H2,1-3H3,(H,26,29). The van der Waals surface area contributed by atoms with Crippen molar-refractivity contribution in [2.75, 3.05) is 25.1 Å². The number of ketones is 1. The minimum Gasteiger partial charge on any atom is -0.506 e. The molecular formula is C24H30N2O5. The number of fused-ring (bicyclic) bond motifs is 1. The molecule has 0 unspecified atom stereocenters. The zero-order chi connectivity index (χ0) is 22.4. The van der Waals surface area contributed by atoms with Gasteiger partial charge < -0.3 is 25.2 Å². The fourth-order valence-corrected chi connectivity index (χ4v) is 3.40. The van der Waals surface area contributed by atoms with Crippen molar-refractivity contribution in [2.45, 2.75) is 45.6 Å². The third kappa shape index (κ3) is 5.98. The van der Waals surface area contributed by atoms with Crippen LogP contribution in [-0.4, -0.2) is 42.1 Å². The van der Waals surface area contributed by atoms with E-state index in [0.29, 0.717) is 5.56 Å². The van der Waals surface area contributed by atoms with Gasteiger partial charge in [0.1, 0.15) is 17.2 Å². The highest BCUT2D eigenvalue weighted by molar-refractivity contribution is 6.06. The van der Waals surface area contributed by atoms with Crippen LogP contribution < -0.4 is 20.1 Å². The van der Waals surface area contributed by atoms with Gasteiger partial charge in [-0.15, -0.1) is 0 Å². The molecule has 1 heterocycles. The number of aromatic hydroxyl groups is 1. The average molecular weight is 427 g/mol. The molecule has 0 aliphatic carbocycles. The maximum absolute atomic E-state index is 12.8. The summed E-state index contributed by atoms with van der Waals surface area (Å²) in [5.41, 5.74) is 1.28.